The number of para-hydroxylation sites is 1. The van der Waals surface area contributed by atoms with E-state index >= 15 is 0 Å². The molecule has 6 nitrogen and oxygen atoms in total. The molecule has 1 unspecified atom stereocenters. The lowest BCUT2D eigenvalue weighted by atomic mass is 10.3. The van der Waals surface area contributed by atoms with Crippen molar-refractivity contribution in [3.8, 4) is 11.4 Å². The summed E-state index contributed by atoms with van der Waals surface area (Å²) in [5.41, 5.74) is 0.916. The summed E-state index contributed by atoms with van der Waals surface area (Å²) in [6, 6.07) is 14.5. The van der Waals surface area contributed by atoms with E-state index in [1.165, 1.54) is 0 Å². The molecule has 26 heavy (non-hydrogen) atoms. The maximum absolute atomic E-state index is 12.3. The van der Waals surface area contributed by atoms with Gasteiger partial charge in [0.15, 0.2) is 11.9 Å². The number of nitrogens with one attached hydrogen (secondary N) is 1. The summed E-state index contributed by atoms with van der Waals surface area (Å²) in [6.45, 7) is 1.86. The van der Waals surface area contributed by atoms with Crippen molar-refractivity contribution in [1.29, 1.82) is 0 Å². The van der Waals surface area contributed by atoms with Crippen LogP contribution in [0.2, 0.25) is 10.0 Å². The van der Waals surface area contributed by atoms with Gasteiger partial charge in [0.25, 0.3) is 5.91 Å². The molecule has 0 saturated carbocycles. The Bertz CT molecular complexity index is 899. The van der Waals surface area contributed by atoms with Gasteiger partial charge in [0, 0.05) is 10.7 Å². The second kappa shape index (κ2) is 8.21. The molecule has 0 aliphatic carbocycles. The van der Waals surface area contributed by atoms with E-state index in [0.29, 0.717) is 21.6 Å². The monoisotopic (exact) mass is 390 g/mol. The van der Waals surface area contributed by atoms with Crippen molar-refractivity contribution in [2.45, 2.75) is 19.6 Å². The molecule has 3 rings (SSSR count). The first-order valence-electron chi connectivity index (χ1n) is 7.88. The van der Waals surface area contributed by atoms with Crippen molar-refractivity contribution in [2.75, 3.05) is 0 Å². The molecular weight excluding hydrogens is 375 g/mol. The number of benzene rings is 2. The number of halogens is 2. The number of carbonyl (C=O) groups is 1. The van der Waals surface area contributed by atoms with Crippen LogP contribution >= 0.6 is 23.2 Å². The predicted octanol–water partition coefficient (Wildman–Crippen LogP) is 3.66. The molecule has 0 aliphatic heterocycles. The highest BCUT2D eigenvalue weighted by atomic mass is 35.5. The van der Waals surface area contributed by atoms with Crippen LogP contribution < -0.4 is 10.1 Å². The molecule has 1 aromatic heterocycles. The Morgan fingerprint density at radius 3 is 2.73 bits per heavy atom. The van der Waals surface area contributed by atoms with Crippen LogP contribution in [0.25, 0.3) is 5.69 Å². The second-order valence-corrected chi connectivity index (χ2v) is 6.35. The molecule has 0 radical (unpaired) electrons. The second-order valence-electron chi connectivity index (χ2n) is 5.51. The van der Waals surface area contributed by atoms with Gasteiger partial charge in [-0.05, 0) is 37.3 Å². The minimum absolute atomic E-state index is 0.218. The van der Waals surface area contributed by atoms with Gasteiger partial charge in [-0.1, -0.05) is 41.4 Å². The molecule has 134 valence electrons. The summed E-state index contributed by atoms with van der Waals surface area (Å²) in [6.07, 6.45) is 0.867. The fourth-order valence-corrected chi connectivity index (χ4v) is 2.76. The standard InChI is InChI=1S/C18H16Cl2N4O2/c1-12(26-16-8-7-13(19)9-15(16)20)18(25)21-10-17-23-22-11-24(17)14-5-3-2-4-6-14/h2-9,11-12H,10H2,1H3,(H,21,25). The van der Waals surface area contributed by atoms with Crippen LogP contribution in [0.3, 0.4) is 0 Å². The van der Waals surface area contributed by atoms with E-state index in [9.17, 15) is 4.79 Å². The number of hydrogen-bond donors (Lipinski definition) is 1. The Morgan fingerprint density at radius 2 is 2.00 bits per heavy atom. The normalized spacial score (nSPS) is 11.8. The van der Waals surface area contributed by atoms with Crippen molar-refractivity contribution in [3.63, 3.8) is 0 Å². The maximum Gasteiger partial charge on any atom is 0.261 e. The fraction of sp³-hybridized carbons (Fsp3) is 0.167. The zero-order valence-electron chi connectivity index (χ0n) is 13.9. The minimum atomic E-state index is -0.734. The number of carbonyl (C=O) groups excluding carboxylic acids is 1. The number of amides is 1. The van der Waals surface area contributed by atoms with Crippen molar-refractivity contribution < 1.29 is 9.53 Å². The minimum Gasteiger partial charge on any atom is -0.479 e. The molecule has 0 aliphatic rings. The molecule has 1 N–H and O–H groups in total. The van der Waals surface area contributed by atoms with Crippen LogP contribution in [0.15, 0.2) is 54.9 Å². The predicted molar refractivity (Wildman–Crippen MR) is 99.8 cm³/mol. The Labute approximate surface area is 160 Å². The third kappa shape index (κ3) is 4.33. The number of aromatic nitrogens is 3. The van der Waals surface area contributed by atoms with E-state index in [1.54, 1.807) is 31.5 Å². The van der Waals surface area contributed by atoms with E-state index in [2.05, 4.69) is 15.5 Å². The van der Waals surface area contributed by atoms with Crippen molar-refractivity contribution in [3.05, 3.63) is 70.7 Å². The number of nitrogens with zero attached hydrogens (tertiary/aromatic N) is 3. The number of ether oxygens (including phenoxy) is 1. The molecule has 1 atom stereocenters. The summed E-state index contributed by atoms with van der Waals surface area (Å²) in [5.74, 6) is 0.714. The van der Waals surface area contributed by atoms with Gasteiger partial charge in [-0.3, -0.25) is 9.36 Å². The summed E-state index contributed by atoms with van der Waals surface area (Å²) in [4.78, 5) is 12.3. The highest BCUT2D eigenvalue weighted by Crippen LogP contribution is 2.28. The Hall–Kier alpha value is -2.57. The molecule has 0 bridgehead atoms. The van der Waals surface area contributed by atoms with Gasteiger partial charge < -0.3 is 10.1 Å². The van der Waals surface area contributed by atoms with Crippen LogP contribution in [-0.4, -0.2) is 26.8 Å². The third-order valence-electron chi connectivity index (χ3n) is 3.64. The van der Waals surface area contributed by atoms with Gasteiger partial charge in [0.1, 0.15) is 12.1 Å². The quantitative estimate of drug-likeness (QED) is 0.697. The Balaban J connectivity index is 1.62. The van der Waals surface area contributed by atoms with Crippen LogP contribution in [0.1, 0.15) is 12.7 Å². The maximum atomic E-state index is 12.3. The topological polar surface area (TPSA) is 69.0 Å². The first kappa shape index (κ1) is 18.2. The van der Waals surface area contributed by atoms with Gasteiger partial charge in [-0.25, -0.2) is 0 Å². The first-order chi connectivity index (χ1) is 12.5. The fourth-order valence-electron chi connectivity index (χ4n) is 2.31. The van der Waals surface area contributed by atoms with Gasteiger partial charge in [-0.2, -0.15) is 0 Å². The van der Waals surface area contributed by atoms with E-state index in [0.717, 1.165) is 5.69 Å². The average molecular weight is 391 g/mol. The molecule has 1 amide bonds. The van der Waals surface area contributed by atoms with Gasteiger partial charge >= 0.3 is 0 Å². The molecule has 1 heterocycles. The zero-order valence-corrected chi connectivity index (χ0v) is 15.4. The summed E-state index contributed by atoms with van der Waals surface area (Å²) < 4.78 is 7.41. The summed E-state index contributed by atoms with van der Waals surface area (Å²) in [7, 11) is 0. The van der Waals surface area contributed by atoms with Crippen molar-refractivity contribution in [2.24, 2.45) is 0 Å². The average Bonchev–Trinajstić information content (AvgIpc) is 3.11. The molecule has 0 saturated heterocycles. The molecule has 0 spiro atoms. The summed E-state index contributed by atoms with van der Waals surface area (Å²) >= 11 is 11.9. The molecular formula is C18H16Cl2N4O2. The lowest BCUT2D eigenvalue weighted by molar-refractivity contribution is -0.127. The highest BCUT2D eigenvalue weighted by Gasteiger charge is 2.17. The Kier molecular flexibility index (Phi) is 5.75. The molecule has 2 aromatic carbocycles. The molecule has 8 heteroatoms. The largest absolute Gasteiger partial charge is 0.479 e. The smallest absolute Gasteiger partial charge is 0.261 e. The Morgan fingerprint density at radius 1 is 1.23 bits per heavy atom. The summed E-state index contributed by atoms with van der Waals surface area (Å²) in [5, 5.41) is 11.6. The SMILES string of the molecule is CC(Oc1ccc(Cl)cc1Cl)C(=O)NCc1nncn1-c1ccccc1. The first-order valence-corrected chi connectivity index (χ1v) is 8.64. The molecule has 3 aromatic rings. The van der Waals surface area contributed by atoms with E-state index < -0.39 is 6.10 Å². The van der Waals surface area contributed by atoms with E-state index in [4.69, 9.17) is 27.9 Å². The lowest BCUT2D eigenvalue weighted by Crippen LogP contribution is -2.36. The molecule has 0 fully saturated rings. The zero-order chi connectivity index (χ0) is 18.5. The third-order valence-corrected chi connectivity index (χ3v) is 4.17. The highest BCUT2D eigenvalue weighted by molar-refractivity contribution is 6.35. The van der Waals surface area contributed by atoms with Gasteiger partial charge in [0.2, 0.25) is 0 Å². The van der Waals surface area contributed by atoms with Crippen molar-refractivity contribution >= 4 is 29.1 Å². The van der Waals surface area contributed by atoms with Gasteiger partial charge in [-0.15, -0.1) is 10.2 Å². The number of hydrogen-bond acceptors (Lipinski definition) is 4. The van der Waals surface area contributed by atoms with Crippen LogP contribution in [-0.2, 0) is 11.3 Å². The van der Waals surface area contributed by atoms with E-state index in [-0.39, 0.29) is 12.5 Å². The van der Waals surface area contributed by atoms with E-state index in [1.807, 2.05) is 34.9 Å². The van der Waals surface area contributed by atoms with Crippen molar-refractivity contribution in [1.82, 2.24) is 20.1 Å². The van der Waals surface area contributed by atoms with Gasteiger partial charge in [0.05, 0.1) is 11.6 Å². The number of rotatable bonds is 6. The lowest BCUT2D eigenvalue weighted by Gasteiger charge is -2.16. The van der Waals surface area contributed by atoms with Crippen LogP contribution in [0, 0.1) is 0 Å². The van der Waals surface area contributed by atoms with Crippen LogP contribution in [0.4, 0.5) is 0 Å². The van der Waals surface area contributed by atoms with Crippen LogP contribution in [0.5, 0.6) is 5.75 Å².